The van der Waals surface area contributed by atoms with Crippen molar-refractivity contribution in [1.29, 1.82) is 0 Å². The molecule has 0 saturated carbocycles. The van der Waals surface area contributed by atoms with Crippen LogP contribution >= 0.6 is 0 Å². The average Bonchev–Trinajstić information content (AvgIpc) is 3.61. The summed E-state index contributed by atoms with van der Waals surface area (Å²) in [4.78, 5) is 38.2. The second-order valence-corrected chi connectivity index (χ2v) is 7.69. The molecule has 0 bridgehead atoms. The van der Waals surface area contributed by atoms with E-state index in [1.54, 1.807) is 6.07 Å². The lowest BCUT2D eigenvalue weighted by Crippen LogP contribution is -2.41. The van der Waals surface area contributed by atoms with E-state index in [0.717, 1.165) is 5.69 Å². The first-order valence-corrected chi connectivity index (χ1v) is 10.4. The van der Waals surface area contributed by atoms with Gasteiger partial charge < -0.3 is 18.7 Å². The quantitative estimate of drug-likeness (QED) is 0.410. The minimum absolute atomic E-state index is 0.0424. The Bertz CT molecular complexity index is 1550. The largest absolute Gasteiger partial charge is 0.438 e. The number of hydrogen-bond acceptors (Lipinski definition) is 8. The van der Waals surface area contributed by atoms with Gasteiger partial charge in [-0.3, -0.25) is 4.79 Å². The zero-order valence-electron chi connectivity index (χ0n) is 17.7. The van der Waals surface area contributed by atoms with Gasteiger partial charge in [-0.15, -0.1) is 0 Å². The highest BCUT2D eigenvalue weighted by atomic mass is 19.3. The van der Waals surface area contributed by atoms with Gasteiger partial charge in [0.1, 0.15) is 11.3 Å². The van der Waals surface area contributed by atoms with Crippen LogP contribution in [0.3, 0.4) is 0 Å². The van der Waals surface area contributed by atoms with Crippen LogP contribution in [0.5, 0.6) is 0 Å². The zero-order chi connectivity index (χ0) is 24.1. The van der Waals surface area contributed by atoms with E-state index in [2.05, 4.69) is 29.9 Å². The first-order valence-electron chi connectivity index (χ1n) is 10.4. The Morgan fingerprint density at radius 3 is 2.77 bits per heavy atom. The van der Waals surface area contributed by atoms with Crippen LogP contribution < -0.4 is 0 Å². The molecule has 1 amide bonds. The number of benzene rings is 1. The van der Waals surface area contributed by atoms with Gasteiger partial charge in [0.25, 0.3) is 18.2 Å². The summed E-state index contributed by atoms with van der Waals surface area (Å²) in [7, 11) is 0. The van der Waals surface area contributed by atoms with Gasteiger partial charge in [0, 0.05) is 37.1 Å². The molecule has 5 heterocycles. The van der Waals surface area contributed by atoms with Gasteiger partial charge in [0.15, 0.2) is 17.3 Å². The maximum atomic E-state index is 13.9. The minimum atomic E-state index is -3.09. The number of carbonyl (C=O) groups is 1. The molecule has 0 spiro atoms. The van der Waals surface area contributed by atoms with Crippen LogP contribution in [0, 0.1) is 5.82 Å². The Balaban J connectivity index is 1.45. The van der Waals surface area contributed by atoms with Gasteiger partial charge in [-0.1, -0.05) is 0 Å². The second kappa shape index (κ2) is 8.04. The number of imidazole rings is 1. The lowest BCUT2D eigenvalue weighted by Gasteiger charge is -2.32. The molecule has 1 N–H and O–H groups in total. The van der Waals surface area contributed by atoms with E-state index in [1.807, 2.05) is 0 Å². The van der Waals surface area contributed by atoms with Crippen LogP contribution in [-0.2, 0) is 6.42 Å². The highest BCUT2D eigenvalue weighted by Gasteiger charge is 2.41. The van der Waals surface area contributed by atoms with Crippen molar-refractivity contribution in [2.45, 2.75) is 18.9 Å². The fourth-order valence-electron chi connectivity index (χ4n) is 4.05. The van der Waals surface area contributed by atoms with Crippen LogP contribution in [0.15, 0.2) is 51.8 Å². The summed E-state index contributed by atoms with van der Waals surface area (Å²) >= 11 is 0. The number of halogens is 3. The van der Waals surface area contributed by atoms with Gasteiger partial charge in [-0.05, 0) is 18.2 Å². The standard InChI is InChI=1S/C22H14F3N7O3/c23-10-2-3-13-12(8-10)30-20(34-13)16-14-11(28-9-29-14)4-7-32(16)22(33)17-15(18(24)25)31-21(35-17)19-26-5-1-6-27-19/h1-3,5-6,8-9,16,18H,4,7H2,(H,28,29)/t16-/m0/s1. The number of nitrogens with zero attached hydrogens (tertiary/aromatic N) is 6. The molecule has 0 saturated heterocycles. The minimum Gasteiger partial charge on any atom is -0.438 e. The van der Waals surface area contributed by atoms with Crippen LogP contribution in [-0.4, -0.2) is 47.3 Å². The van der Waals surface area contributed by atoms with Crippen LogP contribution in [0.1, 0.15) is 46.0 Å². The van der Waals surface area contributed by atoms with Crippen LogP contribution in [0.25, 0.3) is 22.8 Å². The Labute approximate surface area is 193 Å². The summed E-state index contributed by atoms with van der Waals surface area (Å²) < 4.78 is 52.7. The third-order valence-corrected chi connectivity index (χ3v) is 5.60. The maximum absolute atomic E-state index is 13.9. The second-order valence-electron chi connectivity index (χ2n) is 7.69. The summed E-state index contributed by atoms with van der Waals surface area (Å²) in [5.74, 6) is -2.31. The number of rotatable bonds is 4. The summed E-state index contributed by atoms with van der Waals surface area (Å²) in [6.07, 6.45) is 1.53. The number of alkyl halides is 2. The molecule has 0 unspecified atom stereocenters. The SMILES string of the molecule is O=C(c1oc(-c2ncccn2)nc1C(F)F)N1CCc2[nH]cnc2[C@H]1c1nc2cc(F)ccc2o1. The summed E-state index contributed by atoms with van der Waals surface area (Å²) in [6.45, 7) is 0.117. The van der Waals surface area contributed by atoms with Gasteiger partial charge in [-0.2, -0.15) is 0 Å². The molecular weight excluding hydrogens is 467 g/mol. The molecule has 0 fully saturated rings. The third kappa shape index (κ3) is 3.52. The van der Waals surface area contributed by atoms with E-state index in [1.165, 1.54) is 41.8 Å². The van der Waals surface area contributed by atoms with Gasteiger partial charge >= 0.3 is 0 Å². The van der Waals surface area contributed by atoms with Crippen molar-refractivity contribution in [3.05, 3.63) is 77.5 Å². The van der Waals surface area contributed by atoms with Gasteiger partial charge in [-0.25, -0.2) is 38.1 Å². The maximum Gasteiger partial charge on any atom is 0.292 e. The first kappa shape index (κ1) is 21.0. The van der Waals surface area contributed by atoms with Gasteiger partial charge in [0.05, 0.1) is 12.0 Å². The number of fused-ring (bicyclic) bond motifs is 2. The summed E-state index contributed by atoms with van der Waals surface area (Å²) in [5, 5.41) is 0. The van der Waals surface area contributed by atoms with Crippen molar-refractivity contribution in [1.82, 2.24) is 34.8 Å². The lowest BCUT2D eigenvalue weighted by atomic mass is 10.0. The number of amides is 1. The van der Waals surface area contributed by atoms with E-state index >= 15 is 0 Å². The van der Waals surface area contributed by atoms with Crippen LogP contribution in [0.2, 0.25) is 0 Å². The Morgan fingerprint density at radius 1 is 1.14 bits per heavy atom. The molecule has 13 heteroatoms. The van der Waals surface area contributed by atoms with Crippen molar-refractivity contribution in [2.75, 3.05) is 6.54 Å². The molecule has 1 aliphatic heterocycles. The molecule has 176 valence electrons. The first-order chi connectivity index (χ1) is 17.0. The fourth-order valence-corrected chi connectivity index (χ4v) is 4.05. The number of H-pyrrole nitrogens is 1. The zero-order valence-corrected chi connectivity index (χ0v) is 17.7. The Kier molecular flexibility index (Phi) is 4.83. The molecule has 5 aromatic rings. The monoisotopic (exact) mass is 481 g/mol. The molecule has 0 aliphatic carbocycles. The van der Waals surface area contributed by atoms with Crippen molar-refractivity contribution in [3.63, 3.8) is 0 Å². The van der Waals surface area contributed by atoms with Crippen LogP contribution in [0.4, 0.5) is 13.2 Å². The molecule has 4 aromatic heterocycles. The fraction of sp³-hybridized carbons (Fsp3) is 0.182. The molecular formula is C22H14F3N7O3. The normalized spacial score (nSPS) is 15.7. The third-order valence-electron chi connectivity index (χ3n) is 5.60. The van der Waals surface area contributed by atoms with Crippen molar-refractivity contribution < 1.29 is 26.8 Å². The highest BCUT2D eigenvalue weighted by Crippen LogP contribution is 2.37. The van der Waals surface area contributed by atoms with Gasteiger partial charge in [0.2, 0.25) is 17.5 Å². The van der Waals surface area contributed by atoms with E-state index in [9.17, 15) is 18.0 Å². The van der Waals surface area contributed by atoms with Crippen molar-refractivity contribution >= 4 is 17.0 Å². The molecule has 35 heavy (non-hydrogen) atoms. The number of aromatic nitrogens is 6. The molecule has 1 aliphatic rings. The van der Waals surface area contributed by atoms with E-state index in [-0.39, 0.29) is 29.7 Å². The molecule has 0 radical (unpaired) electrons. The van der Waals surface area contributed by atoms with E-state index < -0.39 is 35.6 Å². The number of hydrogen-bond donors (Lipinski definition) is 1. The molecule has 6 rings (SSSR count). The Hall–Kier alpha value is -4.55. The number of oxazole rings is 2. The van der Waals surface area contributed by atoms with Crippen molar-refractivity contribution in [2.24, 2.45) is 0 Å². The summed E-state index contributed by atoms with van der Waals surface area (Å²) in [6, 6.07) is 4.40. The predicted octanol–water partition coefficient (Wildman–Crippen LogP) is 3.86. The van der Waals surface area contributed by atoms with E-state index in [4.69, 9.17) is 8.83 Å². The number of nitrogens with one attached hydrogen (secondary N) is 1. The Morgan fingerprint density at radius 2 is 1.97 bits per heavy atom. The van der Waals surface area contributed by atoms with Crippen molar-refractivity contribution in [3.8, 4) is 11.7 Å². The summed E-state index contributed by atoms with van der Waals surface area (Å²) in [5.41, 5.74) is 0.877. The number of aromatic amines is 1. The smallest absolute Gasteiger partial charge is 0.292 e. The lowest BCUT2D eigenvalue weighted by molar-refractivity contribution is 0.0621. The number of carbonyl (C=O) groups excluding carboxylic acids is 1. The molecule has 1 aromatic carbocycles. The molecule has 10 nitrogen and oxygen atoms in total. The average molecular weight is 481 g/mol. The molecule has 1 atom stereocenters. The topological polar surface area (TPSA) is 127 Å². The predicted molar refractivity (Wildman–Crippen MR) is 112 cm³/mol. The van der Waals surface area contributed by atoms with E-state index in [0.29, 0.717) is 17.7 Å². The highest BCUT2D eigenvalue weighted by molar-refractivity contribution is 5.93.